The number of phosphoric acid groups is 1. The second-order valence-corrected chi connectivity index (χ2v) is 4.19. The van der Waals surface area contributed by atoms with Crippen LogP contribution in [0.4, 0.5) is 0 Å². The Balaban J connectivity index is 0. The zero-order valence-electron chi connectivity index (χ0n) is 5.86. The lowest BCUT2D eigenvalue weighted by Crippen LogP contribution is -2.13. The van der Waals surface area contributed by atoms with Crippen LogP contribution >= 0.6 is 7.82 Å². The summed E-state index contributed by atoms with van der Waals surface area (Å²) in [5.41, 5.74) is 4.78. The molecular formula is C2H10NO7PS. The molecule has 0 aromatic carbocycles. The summed E-state index contributed by atoms with van der Waals surface area (Å²) in [7, 11) is -8.44. The smallest absolute Gasteiger partial charge is 0.329 e. The zero-order valence-corrected chi connectivity index (χ0v) is 7.57. The fraction of sp³-hybridized carbons (Fsp3) is 1.00. The molecule has 10 heteroatoms. The van der Waals surface area contributed by atoms with Gasteiger partial charge in [-0.15, -0.1) is 0 Å². The van der Waals surface area contributed by atoms with Crippen molar-refractivity contribution < 1.29 is 32.2 Å². The van der Waals surface area contributed by atoms with E-state index in [-0.39, 0.29) is 12.3 Å². The highest BCUT2D eigenvalue weighted by atomic mass is 32.2. The Bertz CT molecular complexity index is 232. The molecule has 0 heterocycles. The Morgan fingerprint density at radius 2 is 1.50 bits per heavy atom. The second kappa shape index (κ2) is 5.60. The highest BCUT2D eigenvalue weighted by Crippen LogP contribution is 2.25. The minimum Gasteiger partial charge on any atom is -0.329 e. The van der Waals surface area contributed by atoms with Crippen molar-refractivity contribution >= 4 is 17.9 Å². The number of rotatable bonds is 2. The van der Waals surface area contributed by atoms with Gasteiger partial charge in [0.15, 0.2) is 0 Å². The predicted octanol–water partition coefficient (Wildman–Crippen LogP) is -2.10. The van der Waals surface area contributed by atoms with Crippen molar-refractivity contribution in [3.05, 3.63) is 0 Å². The fourth-order valence-corrected chi connectivity index (χ4v) is 0.447. The molecule has 0 spiro atoms. The quantitative estimate of drug-likeness (QED) is 0.263. The minimum absolute atomic E-state index is 0.0289. The van der Waals surface area contributed by atoms with Gasteiger partial charge in [-0.25, -0.2) is 4.57 Å². The highest BCUT2D eigenvalue weighted by Gasteiger charge is 2.00. The summed E-state index contributed by atoms with van der Waals surface area (Å²) < 4.78 is 36.2. The van der Waals surface area contributed by atoms with Crippen molar-refractivity contribution in [2.75, 3.05) is 12.3 Å². The first-order valence-electron chi connectivity index (χ1n) is 2.50. The molecule has 0 unspecified atom stereocenters. The largest absolute Gasteiger partial charge is 0.466 e. The van der Waals surface area contributed by atoms with Gasteiger partial charge in [0.25, 0.3) is 10.1 Å². The average Bonchev–Trinajstić information content (AvgIpc) is 1.54. The molecule has 76 valence electrons. The Kier molecular flexibility index (Phi) is 6.76. The van der Waals surface area contributed by atoms with Crippen LogP contribution in [-0.2, 0) is 14.7 Å². The number of hydrogen-bond donors (Lipinski definition) is 5. The molecule has 0 radical (unpaired) electrons. The topological polar surface area (TPSA) is 158 Å². The molecule has 0 aliphatic carbocycles. The van der Waals surface area contributed by atoms with Crippen LogP contribution in [0.5, 0.6) is 0 Å². The van der Waals surface area contributed by atoms with Gasteiger partial charge >= 0.3 is 7.82 Å². The Morgan fingerprint density at radius 3 is 1.50 bits per heavy atom. The summed E-state index contributed by atoms with van der Waals surface area (Å²) in [4.78, 5) is 21.6. The molecule has 0 bridgehead atoms. The lowest BCUT2D eigenvalue weighted by molar-refractivity contribution is 0.275. The molecule has 12 heavy (non-hydrogen) atoms. The van der Waals surface area contributed by atoms with E-state index >= 15 is 0 Å². The number of nitrogens with two attached hydrogens (primary N) is 1. The van der Waals surface area contributed by atoms with Crippen molar-refractivity contribution in [2.24, 2.45) is 5.73 Å². The first-order valence-corrected chi connectivity index (χ1v) is 5.67. The van der Waals surface area contributed by atoms with Crippen LogP contribution in [0.25, 0.3) is 0 Å². The summed E-state index contributed by atoms with van der Waals surface area (Å²) in [6.07, 6.45) is 0. The summed E-state index contributed by atoms with van der Waals surface area (Å²) in [6.45, 7) is -0.0289. The van der Waals surface area contributed by atoms with Crippen LogP contribution in [-0.4, -0.2) is 39.9 Å². The molecule has 0 aromatic rings. The van der Waals surface area contributed by atoms with E-state index in [0.717, 1.165) is 0 Å². The maximum Gasteiger partial charge on any atom is 0.466 e. The molecule has 0 saturated carbocycles. The third-order valence-corrected chi connectivity index (χ3v) is 1.13. The summed E-state index contributed by atoms with van der Waals surface area (Å²) >= 11 is 0. The molecule has 8 nitrogen and oxygen atoms in total. The van der Waals surface area contributed by atoms with Crippen molar-refractivity contribution in [3.63, 3.8) is 0 Å². The number of hydrogen-bond acceptors (Lipinski definition) is 4. The van der Waals surface area contributed by atoms with Gasteiger partial charge in [0.05, 0.1) is 5.75 Å². The van der Waals surface area contributed by atoms with Gasteiger partial charge in [-0.3, -0.25) is 4.55 Å². The monoisotopic (exact) mass is 223 g/mol. The third-order valence-electron chi connectivity index (χ3n) is 0.376. The van der Waals surface area contributed by atoms with Crippen LogP contribution in [0.1, 0.15) is 0 Å². The Labute approximate surface area is 69.0 Å². The molecule has 0 aliphatic heterocycles. The van der Waals surface area contributed by atoms with E-state index in [0.29, 0.717) is 0 Å². The molecule has 0 saturated heterocycles. The lowest BCUT2D eigenvalue weighted by atomic mass is 10.8. The van der Waals surface area contributed by atoms with E-state index in [1.54, 1.807) is 0 Å². The molecule has 0 amide bonds. The van der Waals surface area contributed by atoms with Crippen LogP contribution in [0.2, 0.25) is 0 Å². The molecule has 0 fully saturated rings. The van der Waals surface area contributed by atoms with E-state index in [1.807, 2.05) is 0 Å². The van der Waals surface area contributed by atoms with Gasteiger partial charge in [-0.1, -0.05) is 0 Å². The Morgan fingerprint density at radius 1 is 1.25 bits per heavy atom. The van der Waals surface area contributed by atoms with E-state index in [2.05, 4.69) is 0 Å². The van der Waals surface area contributed by atoms with Gasteiger partial charge in [-0.2, -0.15) is 8.42 Å². The van der Waals surface area contributed by atoms with Crippen molar-refractivity contribution in [2.45, 2.75) is 0 Å². The zero-order chi connectivity index (χ0) is 10.4. The lowest BCUT2D eigenvalue weighted by Gasteiger charge is -1.86. The van der Waals surface area contributed by atoms with Crippen LogP contribution in [0.15, 0.2) is 0 Å². The SMILES string of the molecule is NCCS(=O)(=O)O.O=P(O)(O)O. The third kappa shape index (κ3) is 50.8. The molecule has 6 N–H and O–H groups in total. The van der Waals surface area contributed by atoms with Crippen LogP contribution in [0.3, 0.4) is 0 Å². The fourth-order valence-electron chi connectivity index (χ4n) is 0.149. The first-order chi connectivity index (χ1) is 5.06. The summed E-state index contributed by atoms with van der Waals surface area (Å²) in [5, 5.41) is 0. The average molecular weight is 223 g/mol. The maximum atomic E-state index is 9.71. The molecule has 0 aromatic heterocycles. The van der Waals surface area contributed by atoms with Gasteiger partial charge in [0.2, 0.25) is 0 Å². The molecule has 0 atom stereocenters. The van der Waals surface area contributed by atoms with Crippen molar-refractivity contribution in [1.29, 1.82) is 0 Å². The summed E-state index contributed by atoms with van der Waals surface area (Å²) in [5.74, 6) is -0.354. The normalized spacial score (nSPS) is 11.8. The second-order valence-electron chi connectivity index (χ2n) is 1.59. The van der Waals surface area contributed by atoms with E-state index in [1.165, 1.54) is 0 Å². The molecule has 0 rings (SSSR count). The van der Waals surface area contributed by atoms with Crippen LogP contribution in [0, 0.1) is 0 Å². The first kappa shape index (κ1) is 14.5. The molecular weight excluding hydrogens is 213 g/mol. The van der Waals surface area contributed by atoms with Gasteiger partial charge in [0.1, 0.15) is 0 Å². The van der Waals surface area contributed by atoms with E-state index < -0.39 is 17.9 Å². The minimum atomic E-state index is -4.64. The maximum absolute atomic E-state index is 9.71. The predicted molar refractivity (Wildman–Crippen MR) is 39.7 cm³/mol. The van der Waals surface area contributed by atoms with Crippen molar-refractivity contribution in [1.82, 2.24) is 0 Å². The molecule has 0 aliphatic rings. The van der Waals surface area contributed by atoms with Gasteiger partial charge < -0.3 is 20.4 Å². The van der Waals surface area contributed by atoms with E-state index in [9.17, 15) is 8.42 Å². The van der Waals surface area contributed by atoms with Crippen molar-refractivity contribution in [3.8, 4) is 0 Å². The van der Waals surface area contributed by atoms with E-state index in [4.69, 9.17) is 29.5 Å². The van der Waals surface area contributed by atoms with Gasteiger partial charge in [0, 0.05) is 6.54 Å². The van der Waals surface area contributed by atoms with Crippen LogP contribution < -0.4 is 5.73 Å². The summed E-state index contributed by atoms with van der Waals surface area (Å²) in [6, 6.07) is 0. The van der Waals surface area contributed by atoms with Gasteiger partial charge in [-0.05, 0) is 0 Å². The Hall–Kier alpha value is -0.0200. The highest BCUT2D eigenvalue weighted by molar-refractivity contribution is 7.85. The standard InChI is InChI=1S/C2H7NO3S.H3O4P/c3-1-2-7(4,5)6;1-5(2,3)4/h1-3H2,(H,4,5,6);(H3,1,2,3,4).